The van der Waals surface area contributed by atoms with E-state index in [1.165, 1.54) is 6.92 Å². The number of rotatable bonds is 5. The van der Waals surface area contributed by atoms with Crippen molar-refractivity contribution >= 4 is 23.5 Å². The molecule has 0 saturated carbocycles. The van der Waals surface area contributed by atoms with Crippen LogP contribution in [0.4, 0.5) is 0 Å². The van der Waals surface area contributed by atoms with Crippen LogP contribution in [0.3, 0.4) is 0 Å². The maximum absolute atomic E-state index is 12.2. The van der Waals surface area contributed by atoms with E-state index in [2.05, 4.69) is 5.32 Å². The van der Waals surface area contributed by atoms with E-state index in [1.807, 2.05) is 6.92 Å². The molecule has 0 radical (unpaired) electrons. The molecule has 0 saturated heterocycles. The van der Waals surface area contributed by atoms with Crippen LogP contribution in [-0.2, 0) is 4.79 Å². The standard InChI is InChI=1S/C14H18ClNO3/c1-4-8-14(3,13(18)19)16-12(17)10-7-5-6-9(2)11(10)15/h5-7H,4,8H2,1-3H3,(H,16,17)(H,18,19). The number of benzene rings is 1. The summed E-state index contributed by atoms with van der Waals surface area (Å²) < 4.78 is 0. The highest BCUT2D eigenvalue weighted by Gasteiger charge is 2.34. The lowest BCUT2D eigenvalue weighted by molar-refractivity contribution is -0.144. The number of carboxylic acids is 1. The summed E-state index contributed by atoms with van der Waals surface area (Å²) in [4.78, 5) is 23.4. The van der Waals surface area contributed by atoms with Crippen LogP contribution in [0, 0.1) is 6.92 Å². The fourth-order valence-corrected chi connectivity index (χ4v) is 2.08. The first kappa shape index (κ1) is 15.5. The number of aliphatic carboxylic acids is 1. The van der Waals surface area contributed by atoms with Crippen LogP contribution in [0.25, 0.3) is 0 Å². The Morgan fingerprint density at radius 1 is 1.42 bits per heavy atom. The predicted octanol–water partition coefficient (Wildman–Crippen LogP) is 3.02. The Morgan fingerprint density at radius 2 is 2.05 bits per heavy atom. The lowest BCUT2D eigenvalue weighted by Crippen LogP contribution is -2.52. The minimum absolute atomic E-state index is 0.297. The summed E-state index contributed by atoms with van der Waals surface area (Å²) in [6, 6.07) is 5.09. The highest BCUT2D eigenvalue weighted by molar-refractivity contribution is 6.34. The third-order valence-electron chi connectivity index (χ3n) is 3.05. The molecule has 0 spiro atoms. The topological polar surface area (TPSA) is 66.4 Å². The molecule has 0 heterocycles. The van der Waals surface area contributed by atoms with Gasteiger partial charge < -0.3 is 10.4 Å². The molecule has 19 heavy (non-hydrogen) atoms. The predicted molar refractivity (Wildman–Crippen MR) is 74.6 cm³/mol. The zero-order chi connectivity index (χ0) is 14.6. The van der Waals surface area contributed by atoms with Crippen molar-refractivity contribution in [3.05, 3.63) is 34.3 Å². The summed E-state index contributed by atoms with van der Waals surface area (Å²) in [5.74, 6) is -1.52. The van der Waals surface area contributed by atoms with Gasteiger partial charge in [-0.15, -0.1) is 0 Å². The van der Waals surface area contributed by atoms with Crippen molar-refractivity contribution in [2.75, 3.05) is 0 Å². The summed E-state index contributed by atoms with van der Waals surface area (Å²) in [5.41, 5.74) is -0.203. The van der Waals surface area contributed by atoms with E-state index in [0.717, 1.165) is 5.56 Å². The van der Waals surface area contributed by atoms with E-state index < -0.39 is 17.4 Å². The second-order valence-electron chi connectivity index (χ2n) is 4.78. The first-order valence-electron chi connectivity index (χ1n) is 6.13. The number of carboxylic acid groups (broad SMARTS) is 1. The number of hydrogen-bond acceptors (Lipinski definition) is 2. The van der Waals surface area contributed by atoms with E-state index in [9.17, 15) is 14.7 Å². The second-order valence-corrected chi connectivity index (χ2v) is 5.16. The number of carbonyl (C=O) groups is 2. The van der Waals surface area contributed by atoms with Crippen molar-refractivity contribution in [3.8, 4) is 0 Å². The second kappa shape index (κ2) is 6.06. The van der Waals surface area contributed by atoms with E-state index in [1.54, 1.807) is 25.1 Å². The van der Waals surface area contributed by atoms with Crippen molar-refractivity contribution in [3.63, 3.8) is 0 Å². The molecular formula is C14H18ClNO3. The Bertz CT molecular complexity index is 501. The number of carbonyl (C=O) groups excluding carboxylic acids is 1. The summed E-state index contributed by atoms with van der Waals surface area (Å²) >= 11 is 6.07. The summed E-state index contributed by atoms with van der Waals surface area (Å²) in [5, 5.41) is 12.1. The normalized spacial score (nSPS) is 13.7. The van der Waals surface area contributed by atoms with Crippen LogP contribution >= 0.6 is 11.6 Å². The minimum Gasteiger partial charge on any atom is -0.480 e. The van der Waals surface area contributed by atoms with E-state index in [0.29, 0.717) is 23.4 Å². The van der Waals surface area contributed by atoms with Crippen LogP contribution in [0.2, 0.25) is 5.02 Å². The van der Waals surface area contributed by atoms with Gasteiger partial charge in [0.25, 0.3) is 5.91 Å². The summed E-state index contributed by atoms with van der Waals surface area (Å²) in [6.07, 6.45) is 1.02. The molecule has 0 aliphatic rings. The van der Waals surface area contributed by atoms with Crippen LogP contribution in [0.5, 0.6) is 0 Å². The third kappa shape index (κ3) is 3.47. The largest absolute Gasteiger partial charge is 0.480 e. The smallest absolute Gasteiger partial charge is 0.329 e. The van der Waals surface area contributed by atoms with E-state index in [4.69, 9.17) is 11.6 Å². The zero-order valence-corrected chi connectivity index (χ0v) is 12.0. The van der Waals surface area contributed by atoms with Gasteiger partial charge in [-0.1, -0.05) is 37.1 Å². The molecule has 4 nitrogen and oxygen atoms in total. The highest BCUT2D eigenvalue weighted by atomic mass is 35.5. The van der Waals surface area contributed by atoms with Crippen molar-refractivity contribution in [1.82, 2.24) is 5.32 Å². The lowest BCUT2D eigenvalue weighted by atomic mass is 9.95. The Morgan fingerprint density at radius 3 is 2.58 bits per heavy atom. The van der Waals surface area contributed by atoms with Crippen LogP contribution in [0.15, 0.2) is 18.2 Å². The highest BCUT2D eigenvalue weighted by Crippen LogP contribution is 2.22. The fourth-order valence-electron chi connectivity index (χ4n) is 1.86. The number of amides is 1. The molecule has 5 heteroatoms. The molecule has 0 aliphatic heterocycles. The molecule has 1 atom stereocenters. The van der Waals surface area contributed by atoms with Crippen LogP contribution in [0.1, 0.15) is 42.6 Å². The Kier molecular flexibility index (Phi) is 4.95. The molecule has 104 valence electrons. The van der Waals surface area contributed by atoms with Gasteiger partial charge in [-0.2, -0.15) is 0 Å². The lowest BCUT2D eigenvalue weighted by Gasteiger charge is -2.26. The van der Waals surface area contributed by atoms with Gasteiger partial charge in [0.2, 0.25) is 0 Å². The average molecular weight is 284 g/mol. The van der Waals surface area contributed by atoms with Crippen LogP contribution < -0.4 is 5.32 Å². The number of halogens is 1. The van der Waals surface area contributed by atoms with Crippen molar-refractivity contribution in [1.29, 1.82) is 0 Å². The summed E-state index contributed by atoms with van der Waals surface area (Å²) in [6.45, 7) is 5.16. The maximum atomic E-state index is 12.2. The molecule has 1 amide bonds. The molecule has 0 fully saturated rings. The molecule has 1 unspecified atom stereocenters. The molecule has 1 aromatic rings. The summed E-state index contributed by atoms with van der Waals surface area (Å²) in [7, 11) is 0. The first-order valence-corrected chi connectivity index (χ1v) is 6.50. The van der Waals surface area contributed by atoms with Gasteiger partial charge >= 0.3 is 5.97 Å². The molecule has 1 rings (SSSR count). The molecule has 0 bridgehead atoms. The SMILES string of the molecule is CCCC(C)(NC(=O)c1cccc(C)c1Cl)C(=O)O. The minimum atomic E-state index is -1.28. The van der Waals surface area contributed by atoms with Gasteiger partial charge in [0.05, 0.1) is 10.6 Å². The molecule has 0 aromatic heterocycles. The first-order chi connectivity index (χ1) is 8.81. The number of hydrogen-bond donors (Lipinski definition) is 2. The van der Waals surface area contributed by atoms with Gasteiger partial charge in [0, 0.05) is 0 Å². The molecule has 1 aromatic carbocycles. The van der Waals surface area contributed by atoms with Crippen LogP contribution in [-0.4, -0.2) is 22.5 Å². The number of aryl methyl sites for hydroxylation is 1. The maximum Gasteiger partial charge on any atom is 0.329 e. The quantitative estimate of drug-likeness (QED) is 0.873. The van der Waals surface area contributed by atoms with Gasteiger partial charge in [0.15, 0.2) is 0 Å². The monoisotopic (exact) mass is 283 g/mol. The fraction of sp³-hybridized carbons (Fsp3) is 0.429. The zero-order valence-electron chi connectivity index (χ0n) is 11.3. The average Bonchev–Trinajstić information content (AvgIpc) is 2.32. The van der Waals surface area contributed by atoms with Crippen molar-refractivity contribution in [2.24, 2.45) is 0 Å². The molecule has 2 N–H and O–H groups in total. The van der Waals surface area contributed by atoms with E-state index >= 15 is 0 Å². The Balaban J connectivity index is 3.01. The van der Waals surface area contributed by atoms with Crippen molar-refractivity contribution < 1.29 is 14.7 Å². The Hall–Kier alpha value is -1.55. The van der Waals surface area contributed by atoms with Gasteiger partial charge in [0.1, 0.15) is 5.54 Å². The third-order valence-corrected chi connectivity index (χ3v) is 3.55. The van der Waals surface area contributed by atoms with Gasteiger partial charge in [-0.3, -0.25) is 4.79 Å². The van der Waals surface area contributed by atoms with E-state index in [-0.39, 0.29) is 0 Å². The van der Waals surface area contributed by atoms with Crippen molar-refractivity contribution in [2.45, 2.75) is 39.2 Å². The number of nitrogens with one attached hydrogen (secondary N) is 1. The van der Waals surface area contributed by atoms with Gasteiger partial charge in [-0.05, 0) is 31.9 Å². The Labute approximate surface area is 117 Å². The van der Waals surface area contributed by atoms with Gasteiger partial charge in [-0.25, -0.2) is 4.79 Å². The molecular weight excluding hydrogens is 266 g/mol. The molecule has 0 aliphatic carbocycles.